The van der Waals surface area contributed by atoms with Crippen LogP contribution in [0, 0.1) is 10.1 Å². The van der Waals surface area contributed by atoms with Crippen molar-refractivity contribution in [3.8, 4) is 0 Å². The minimum atomic E-state index is -0.508. The number of nitro benzene ring substituents is 1. The van der Waals surface area contributed by atoms with Crippen molar-refractivity contribution < 1.29 is 14.7 Å². The molecule has 0 spiro atoms. The number of fused-ring (bicyclic) bond motifs is 1. The highest BCUT2D eigenvalue weighted by Crippen LogP contribution is 2.38. The zero-order valence-corrected chi connectivity index (χ0v) is 14.0. The molecule has 0 amide bonds. The van der Waals surface area contributed by atoms with E-state index < -0.39 is 4.92 Å². The van der Waals surface area contributed by atoms with Gasteiger partial charge in [-0.25, -0.2) is 4.63 Å². The van der Waals surface area contributed by atoms with Crippen LogP contribution in [0.2, 0.25) is 0 Å². The third-order valence-corrected chi connectivity index (χ3v) is 3.62. The molecule has 0 saturated carbocycles. The summed E-state index contributed by atoms with van der Waals surface area (Å²) in [5.74, 6) is 0. The molecule has 0 bridgehead atoms. The number of nitro groups is 1. The lowest BCUT2D eigenvalue weighted by molar-refractivity contribution is -0.382. The second kappa shape index (κ2) is 7.88. The van der Waals surface area contributed by atoms with Gasteiger partial charge in [-0.05, 0) is 43.4 Å². The molecule has 0 saturated heterocycles. The van der Waals surface area contributed by atoms with E-state index in [0.717, 1.165) is 13.0 Å². The van der Waals surface area contributed by atoms with E-state index in [2.05, 4.69) is 20.5 Å². The van der Waals surface area contributed by atoms with E-state index in [1.807, 2.05) is 14.1 Å². The maximum Gasteiger partial charge on any atom is 0.323 e. The number of benzene rings is 1. The van der Waals surface area contributed by atoms with Gasteiger partial charge in [0.2, 0.25) is 5.52 Å². The molecular weight excluding hydrogens is 316 g/mol. The molecule has 0 aliphatic heterocycles. The summed E-state index contributed by atoms with van der Waals surface area (Å²) in [6, 6.07) is 1.65. The van der Waals surface area contributed by atoms with Crippen LogP contribution < -0.4 is 10.2 Å². The van der Waals surface area contributed by atoms with Crippen LogP contribution in [0.5, 0.6) is 0 Å². The molecule has 1 aromatic carbocycles. The average molecular weight is 338 g/mol. The smallest absolute Gasteiger partial charge is 0.323 e. The molecular formula is C14H22N6O4. The van der Waals surface area contributed by atoms with Crippen LogP contribution in [0.15, 0.2) is 10.7 Å². The predicted octanol–water partition coefficient (Wildman–Crippen LogP) is 0.923. The number of nitrogens with one attached hydrogen (secondary N) is 1. The summed E-state index contributed by atoms with van der Waals surface area (Å²) in [6.45, 7) is 1.74. The van der Waals surface area contributed by atoms with Crippen molar-refractivity contribution in [2.75, 3.05) is 57.6 Å². The van der Waals surface area contributed by atoms with Crippen molar-refractivity contribution >= 4 is 28.1 Å². The van der Waals surface area contributed by atoms with Gasteiger partial charge in [0.05, 0.1) is 17.2 Å². The molecule has 0 radical (unpaired) electrons. The quantitative estimate of drug-likeness (QED) is 0.390. The fourth-order valence-corrected chi connectivity index (χ4v) is 2.41. The molecule has 2 N–H and O–H groups in total. The fraction of sp³-hybridized carbons (Fsp3) is 0.571. The largest absolute Gasteiger partial charge is 0.395 e. The van der Waals surface area contributed by atoms with Gasteiger partial charge in [0.1, 0.15) is 5.69 Å². The second-order valence-electron chi connectivity index (χ2n) is 5.74. The first-order valence-corrected chi connectivity index (χ1v) is 7.60. The van der Waals surface area contributed by atoms with E-state index in [9.17, 15) is 10.1 Å². The lowest BCUT2D eigenvalue weighted by Crippen LogP contribution is -2.22. The standard InChI is InChI=1S/C14H22N6O4/c1-18(2)6-4-5-15-10-9-11(19(3)7-8-21)14(20(22)23)13-12(10)16-24-17-13/h9,15,21H,4-8H2,1-3H3. The molecule has 24 heavy (non-hydrogen) atoms. The predicted molar refractivity (Wildman–Crippen MR) is 90.5 cm³/mol. The van der Waals surface area contributed by atoms with Gasteiger partial charge in [0.15, 0.2) is 5.52 Å². The summed E-state index contributed by atoms with van der Waals surface area (Å²) in [7, 11) is 5.66. The van der Waals surface area contributed by atoms with Crippen molar-refractivity contribution in [1.82, 2.24) is 15.2 Å². The highest BCUT2D eigenvalue weighted by Gasteiger charge is 2.27. The van der Waals surface area contributed by atoms with E-state index in [-0.39, 0.29) is 24.4 Å². The topological polar surface area (TPSA) is 121 Å². The van der Waals surface area contributed by atoms with Crippen LogP contribution in [0.4, 0.5) is 17.1 Å². The zero-order valence-electron chi connectivity index (χ0n) is 14.0. The summed E-state index contributed by atoms with van der Waals surface area (Å²) >= 11 is 0. The molecule has 10 heteroatoms. The van der Waals surface area contributed by atoms with E-state index in [1.54, 1.807) is 18.0 Å². The molecule has 0 aliphatic rings. The van der Waals surface area contributed by atoms with Gasteiger partial charge in [-0.2, -0.15) is 0 Å². The Morgan fingerprint density at radius 2 is 2.00 bits per heavy atom. The Labute approximate surface area is 139 Å². The Morgan fingerprint density at radius 1 is 1.29 bits per heavy atom. The first-order valence-electron chi connectivity index (χ1n) is 7.60. The lowest BCUT2D eigenvalue weighted by Gasteiger charge is -2.19. The highest BCUT2D eigenvalue weighted by molar-refractivity contribution is 5.99. The van der Waals surface area contributed by atoms with Crippen LogP contribution in [0.25, 0.3) is 11.0 Å². The zero-order chi connectivity index (χ0) is 17.7. The number of nitrogens with zero attached hydrogens (tertiary/aromatic N) is 5. The Bertz CT molecular complexity index is 702. The van der Waals surface area contributed by atoms with Gasteiger partial charge in [0, 0.05) is 20.1 Å². The lowest BCUT2D eigenvalue weighted by atomic mass is 10.1. The molecule has 1 aromatic heterocycles. The Kier molecular flexibility index (Phi) is 5.88. The Balaban J connectivity index is 2.38. The van der Waals surface area contributed by atoms with Gasteiger partial charge in [-0.15, -0.1) is 0 Å². The number of anilines is 2. The fourth-order valence-electron chi connectivity index (χ4n) is 2.41. The minimum Gasteiger partial charge on any atom is -0.395 e. The maximum absolute atomic E-state index is 11.5. The molecule has 2 aromatic rings. The molecule has 1 heterocycles. The number of aliphatic hydroxyl groups excluding tert-OH is 1. The number of hydrogen-bond donors (Lipinski definition) is 2. The van der Waals surface area contributed by atoms with Crippen LogP contribution in [0.3, 0.4) is 0 Å². The van der Waals surface area contributed by atoms with Crippen LogP contribution in [-0.2, 0) is 0 Å². The van der Waals surface area contributed by atoms with E-state index >= 15 is 0 Å². The van der Waals surface area contributed by atoms with Crippen LogP contribution in [-0.4, -0.2) is 72.6 Å². The van der Waals surface area contributed by atoms with E-state index in [0.29, 0.717) is 23.4 Å². The van der Waals surface area contributed by atoms with Crippen LogP contribution >= 0.6 is 0 Å². The number of likely N-dealkylation sites (N-methyl/N-ethyl adjacent to an activating group) is 1. The van der Waals surface area contributed by atoms with Gasteiger partial charge in [0.25, 0.3) is 0 Å². The molecule has 10 nitrogen and oxygen atoms in total. The normalized spacial score (nSPS) is 11.2. The number of aliphatic hydroxyl groups is 1. The summed E-state index contributed by atoms with van der Waals surface area (Å²) in [4.78, 5) is 14.6. The number of hydrogen-bond acceptors (Lipinski definition) is 9. The Hall–Kier alpha value is -2.46. The average Bonchev–Trinajstić information content (AvgIpc) is 2.99. The minimum absolute atomic E-state index is 0.0948. The van der Waals surface area contributed by atoms with Crippen molar-refractivity contribution in [2.45, 2.75) is 6.42 Å². The van der Waals surface area contributed by atoms with Crippen molar-refractivity contribution in [3.63, 3.8) is 0 Å². The van der Waals surface area contributed by atoms with Crippen molar-refractivity contribution in [1.29, 1.82) is 0 Å². The van der Waals surface area contributed by atoms with Crippen molar-refractivity contribution in [2.24, 2.45) is 0 Å². The summed E-state index contributed by atoms with van der Waals surface area (Å²) in [5, 5.41) is 31.3. The molecule has 0 aliphatic carbocycles. The monoisotopic (exact) mass is 338 g/mol. The maximum atomic E-state index is 11.5. The van der Waals surface area contributed by atoms with Gasteiger partial charge in [-0.1, -0.05) is 0 Å². The van der Waals surface area contributed by atoms with Gasteiger partial charge in [-0.3, -0.25) is 10.1 Å². The summed E-state index contributed by atoms with van der Waals surface area (Å²) < 4.78 is 4.72. The molecule has 2 rings (SSSR count). The van der Waals surface area contributed by atoms with Gasteiger partial charge < -0.3 is 20.2 Å². The second-order valence-corrected chi connectivity index (χ2v) is 5.74. The molecule has 132 valence electrons. The van der Waals surface area contributed by atoms with E-state index in [1.165, 1.54) is 0 Å². The molecule has 0 atom stereocenters. The third kappa shape index (κ3) is 3.89. The summed E-state index contributed by atoms with van der Waals surface area (Å²) in [5.41, 5.74) is 1.22. The Morgan fingerprint density at radius 3 is 2.62 bits per heavy atom. The first-order chi connectivity index (χ1) is 11.5. The number of rotatable bonds is 9. The van der Waals surface area contributed by atoms with E-state index in [4.69, 9.17) is 9.74 Å². The van der Waals surface area contributed by atoms with Crippen LogP contribution in [0.1, 0.15) is 6.42 Å². The SMILES string of the molecule is CN(C)CCCNc1cc(N(C)CCO)c([N+](=O)[O-])c2nonc12. The first kappa shape index (κ1) is 17.9. The number of aromatic nitrogens is 2. The molecule has 0 fully saturated rings. The summed E-state index contributed by atoms with van der Waals surface area (Å²) in [6.07, 6.45) is 0.901. The highest BCUT2D eigenvalue weighted by atomic mass is 16.6. The molecule has 0 unspecified atom stereocenters. The van der Waals surface area contributed by atoms with Crippen molar-refractivity contribution in [3.05, 3.63) is 16.2 Å². The van der Waals surface area contributed by atoms with Gasteiger partial charge >= 0.3 is 5.69 Å². The third-order valence-electron chi connectivity index (χ3n) is 3.62.